The lowest BCUT2D eigenvalue weighted by Gasteiger charge is -2.06. The van der Waals surface area contributed by atoms with Gasteiger partial charge in [0, 0.05) is 10.9 Å². The van der Waals surface area contributed by atoms with Crippen molar-refractivity contribution in [1.29, 1.82) is 0 Å². The van der Waals surface area contributed by atoms with Gasteiger partial charge < -0.3 is 4.42 Å². The van der Waals surface area contributed by atoms with Crippen LogP contribution in [0.3, 0.4) is 0 Å². The third-order valence-corrected chi connectivity index (χ3v) is 4.33. The second-order valence-corrected chi connectivity index (χ2v) is 6.24. The fourth-order valence-corrected chi connectivity index (χ4v) is 2.88. The molecule has 2 heterocycles. The Bertz CT molecular complexity index is 1120. The molecule has 28 heavy (non-hydrogen) atoms. The predicted octanol–water partition coefficient (Wildman–Crippen LogP) is 4.14. The first-order chi connectivity index (χ1) is 13.4. The molecule has 4 aromatic rings. The number of benzene rings is 2. The van der Waals surface area contributed by atoms with Gasteiger partial charge in [-0.3, -0.25) is 4.79 Å². The fourth-order valence-electron chi connectivity index (χ4n) is 2.88. The minimum atomic E-state index is -4.86. The highest BCUT2D eigenvalue weighted by molar-refractivity contribution is 6.00. The van der Waals surface area contributed by atoms with Gasteiger partial charge in [0.1, 0.15) is 5.58 Å². The molecule has 0 atom stereocenters. The first-order valence-electron chi connectivity index (χ1n) is 8.37. The Hall–Kier alpha value is -3.49. The van der Waals surface area contributed by atoms with Crippen molar-refractivity contribution in [2.75, 3.05) is 0 Å². The molecule has 2 aromatic carbocycles. The largest absolute Gasteiger partial charge is 0.454 e. The monoisotopic (exact) mass is 386 g/mol. The second kappa shape index (κ2) is 6.91. The summed E-state index contributed by atoms with van der Waals surface area (Å²) in [5.74, 6) is -0.961. The van der Waals surface area contributed by atoms with Crippen molar-refractivity contribution in [2.45, 2.75) is 19.0 Å². The number of carbonyl (C=O) groups excluding carboxylic acids is 1. The molecule has 1 N–H and O–H groups in total. The molecule has 2 aromatic heterocycles. The molecule has 0 aliphatic heterocycles. The average Bonchev–Trinajstić information content (AvgIpc) is 3.34. The summed E-state index contributed by atoms with van der Waals surface area (Å²) >= 11 is 0. The van der Waals surface area contributed by atoms with E-state index >= 15 is 0 Å². The second-order valence-electron chi connectivity index (χ2n) is 6.24. The number of furan rings is 1. The van der Waals surface area contributed by atoms with Crippen molar-refractivity contribution in [3.63, 3.8) is 0 Å². The van der Waals surface area contributed by atoms with Crippen LogP contribution >= 0.6 is 0 Å². The van der Waals surface area contributed by atoms with E-state index in [1.807, 2.05) is 24.3 Å². The molecule has 0 amide bonds. The predicted molar refractivity (Wildman–Crippen MR) is 93.6 cm³/mol. The number of carbonyl (C=O) groups is 1. The number of nitrogens with one attached hydrogen (secondary N) is 1. The van der Waals surface area contributed by atoms with Crippen LogP contribution in [0.25, 0.3) is 22.6 Å². The Kier molecular flexibility index (Phi) is 4.42. The van der Waals surface area contributed by atoms with E-state index < -0.39 is 12.0 Å². The Morgan fingerprint density at radius 1 is 1.00 bits per heavy atom. The number of aromatic nitrogens is 4. The zero-order valence-electron chi connectivity index (χ0n) is 14.3. The molecule has 9 heteroatoms. The number of hydrogen-bond acceptors (Lipinski definition) is 5. The first kappa shape index (κ1) is 17.9. The number of Topliss-reactive ketones (excluding diaryl/α,β-unsaturated/α-hetero) is 1. The van der Waals surface area contributed by atoms with Gasteiger partial charge in [0.25, 0.3) is 5.78 Å². The number of ketones is 1. The molecular weight excluding hydrogens is 373 g/mol. The molecule has 0 fully saturated rings. The van der Waals surface area contributed by atoms with Crippen LogP contribution in [0.4, 0.5) is 13.2 Å². The molecule has 142 valence electrons. The maximum Gasteiger partial charge on any atom is 0.454 e. The van der Waals surface area contributed by atoms with Gasteiger partial charge in [-0.2, -0.15) is 18.4 Å². The van der Waals surface area contributed by atoms with Crippen LogP contribution in [0, 0.1) is 0 Å². The highest BCUT2D eigenvalue weighted by atomic mass is 19.4. The van der Waals surface area contributed by atoms with E-state index in [0.29, 0.717) is 30.0 Å². The molecule has 0 radical (unpaired) electrons. The van der Waals surface area contributed by atoms with Gasteiger partial charge in [0.15, 0.2) is 5.76 Å². The van der Waals surface area contributed by atoms with Crippen LogP contribution < -0.4 is 0 Å². The van der Waals surface area contributed by atoms with Crippen LogP contribution in [-0.2, 0) is 12.8 Å². The third-order valence-electron chi connectivity index (χ3n) is 4.33. The minimum absolute atomic E-state index is 0.359. The Balaban J connectivity index is 1.46. The van der Waals surface area contributed by atoms with Crippen LogP contribution in [0.2, 0.25) is 0 Å². The first-order valence-corrected chi connectivity index (χ1v) is 8.37. The standard InChI is InChI=1S/C19H13F3N4O2/c20-19(21,22)17(27)13-6-3-11(4-7-13)1-2-12-5-8-14-10-16(28-15(14)9-12)18-23-25-26-24-18/h3-10H,1-2H2,(H,23,24,25,26). The molecular formula is C19H13F3N4O2. The Morgan fingerprint density at radius 3 is 2.39 bits per heavy atom. The third kappa shape index (κ3) is 3.64. The maximum absolute atomic E-state index is 12.5. The molecule has 0 aliphatic rings. The molecule has 0 aliphatic carbocycles. The number of nitrogens with zero attached hydrogens (tertiary/aromatic N) is 3. The number of fused-ring (bicyclic) bond motifs is 1. The van der Waals surface area contributed by atoms with Gasteiger partial charge in [-0.25, -0.2) is 0 Å². The van der Waals surface area contributed by atoms with E-state index in [-0.39, 0.29) is 5.56 Å². The number of aryl methyl sites for hydroxylation is 2. The van der Waals surface area contributed by atoms with Crippen molar-refractivity contribution in [1.82, 2.24) is 20.6 Å². The lowest BCUT2D eigenvalue weighted by Crippen LogP contribution is -2.22. The van der Waals surface area contributed by atoms with Crippen molar-refractivity contribution >= 4 is 16.8 Å². The molecule has 0 spiro atoms. The van der Waals surface area contributed by atoms with Crippen LogP contribution in [0.1, 0.15) is 21.5 Å². The highest BCUT2D eigenvalue weighted by Gasteiger charge is 2.39. The van der Waals surface area contributed by atoms with Gasteiger partial charge in [0.05, 0.1) is 0 Å². The van der Waals surface area contributed by atoms with Gasteiger partial charge in [-0.1, -0.05) is 36.4 Å². The summed E-state index contributed by atoms with van der Waals surface area (Å²) in [5.41, 5.74) is 2.17. The van der Waals surface area contributed by atoms with Crippen LogP contribution in [0.5, 0.6) is 0 Å². The number of rotatable bonds is 5. The lowest BCUT2D eigenvalue weighted by atomic mass is 10.0. The van der Waals surface area contributed by atoms with E-state index in [0.717, 1.165) is 16.5 Å². The van der Waals surface area contributed by atoms with Gasteiger partial charge in [0.2, 0.25) is 5.82 Å². The van der Waals surface area contributed by atoms with Crippen molar-refractivity contribution in [2.24, 2.45) is 0 Å². The summed E-state index contributed by atoms with van der Waals surface area (Å²) in [5, 5.41) is 14.5. The summed E-state index contributed by atoms with van der Waals surface area (Å²) in [7, 11) is 0. The Morgan fingerprint density at radius 2 is 1.71 bits per heavy atom. The van der Waals surface area contributed by atoms with Crippen LogP contribution in [0.15, 0.2) is 52.9 Å². The molecule has 0 saturated heterocycles. The zero-order valence-corrected chi connectivity index (χ0v) is 14.3. The molecule has 6 nitrogen and oxygen atoms in total. The number of aromatic amines is 1. The minimum Gasteiger partial charge on any atom is -0.453 e. The summed E-state index contributed by atoms with van der Waals surface area (Å²) in [6.45, 7) is 0. The fraction of sp³-hybridized carbons (Fsp3) is 0.158. The number of tetrazole rings is 1. The average molecular weight is 386 g/mol. The number of halogens is 3. The van der Waals surface area contributed by atoms with Crippen molar-refractivity contribution < 1.29 is 22.4 Å². The summed E-state index contributed by atoms with van der Waals surface area (Å²) < 4.78 is 43.1. The van der Waals surface area contributed by atoms with E-state index in [1.165, 1.54) is 12.1 Å². The number of alkyl halides is 3. The quantitative estimate of drug-likeness (QED) is 0.521. The van der Waals surface area contributed by atoms with Crippen LogP contribution in [-0.4, -0.2) is 32.6 Å². The topological polar surface area (TPSA) is 84.7 Å². The number of H-pyrrole nitrogens is 1. The van der Waals surface area contributed by atoms with Gasteiger partial charge in [-0.15, -0.1) is 10.2 Å². The summed E-state index contributed by atoms with van der Waals surface area (Å²) in [6.07, 6.45) is -3.58. The SMILES string of the molecule is O=C(c1ccc(CCc2ccc3cc(-c4nn[nH]n4)oc3c2)cc1)C(F)(F)F. The zero-order chi connectivity index (χ0) is 19.7. The van der Waals surface area contributed by atoms with E-state index in [9.17, 15) is 18.0 Å². The molecule has 0 saturated carbocycles. The normalized spacial score (nSPS) is 11.8. The van der Waals surface area contributed by atoms with Gasteiger partial charge >= 0.3 is 6.18 Å². The van der Waals surface area contributed by atoms with E-state index in [2.05, 4.69) is 20.6 Å². The van der Waals surface area contributed by atoms with E-state index in [1.54, 1.807) is 12.1 Å². The van der Waals surface area contributed by atoms with Gasteiger partial charge in [-0.05, 0) is 41.3 Å². The molecule has 0 bridgehead atoms. The lowest BCUT2D eigenvalue weighted by molar-refractivity contribution is -0.0885. The summed E-state index contributed by atoms with van der Waals surface area (Å²) in [4.78, 5) is 11.2. The smallest absolute Gasteiger partial charge is 0.453 e. The van der Waals surface area contributed by atoms with Crippen molar-refractivity contribution in [3.8, 4) is 11.6 Å². The summed E-state index contributed by atoms with van der Waals surface area (Å²) in [6, 6.07) is 13.1. The molecule has 0 unspecified atom stereocenters. The van der Waals surface area contributed by atoms with E-state index in [4.69, 9.17) is 4.42 Å². The maximum atomic E-state index is 12.5. The molecule has 4 rings (SSSR count). The number of hydrogen-bond donors (Lipinski definition) is 1. The Labute approximate surface area is 156 Å². The highest BCUT2D eigenvalue weighted by Crippen LogP contribution is 2.26. The van der Waals surface area contributed by atoms with Crippen molar-refractivity contribution in [3.05, 3.63) is 65.2 Å².